The lowest BCUT2D eigenvalue weighted by Crippen LogP contribution is -2.04. The van der Waals surface area contributed by atoms with E-state index in [9.17, 15) is 14.7 Å². The van der Waals surface area contributed by atoms with Crippen molar-refractivity contribution in [1.82, 2.24) is 4.98 Å². The number of nitrogens with zero attached hydrogens (tertiary/aromatic N) is 1. The van der Waals surface area contributed by atoms with Crippen LogP contribution >= 0.6 is 11.3 Å². The molecule has 0 atom stereocenters. The summed E-state index contributed by atoms with van der Waals surface area (Å²) in [5, 5.41) is 18.8. The van der Waals surface area contributed by atoms with E-state index in [4.69, 9.17) is 9.84 Å². The van der Waals surface area contributed by atoms with Gasteiger partial charge in [0, 0.05) is 5.56 Å². The van der Waals surface area contributed by atoms with Crippen molar-refractivity contribution in [3.05, 3.63) is 34.3 Å². The lowest BCUT2D eigenvalue weighted by molar-refractivity contribution is 0.0684. The van der Waals surface area contributed by atoms with Gasteiger partial charge in [-0.3, -0.25) is 0 Å². The summed E-state index contributed by atoms with van der Waals surface area (Å²) in [7, 11) is 0. The van der Waals surface area contributed by atoms with Gasteiger partial charge in [0.2, 0.25) is 0 Å². The quantitative estimate of drug-likeness (QED) is 0.847. The summed E-state index contributed by atoms with van der Waals surface area (Å²) in [6.07, 6.45) is 0.772. The molecule has 0 fully saturated rings. The standard InChI is InChI=1S/C15H15NO5S/c1-3-6-21-11-5-4-9(7-10(11)14(17)18)13-16-8(2)12(22-13)15(19)20/h4-5,7H,3,6H2,1-2H3,(H,17,18)(H,19,20). The van der Waals surface area contributed by atoms with E-state index in [0.717, 1.165) is 17.8 Å². The van der Waals surface area contributed by atoms with Crippen LogP contribution in [0.4, 0.5) is 0 Å². The molecule has 1 heterocycles. The zero-order valence-corrected chi connectivity index (χ0v) is 12.9. The molecular weight excluding hydrogens is 306 g/mol. The predicted molar refractivity (Wildman–Crippen MR) is 82.0 cm³/mol. The molecule has 0 radical (unpaired) electrons. The van der Waals surface area contributed by atoms with Crippen LogP contribution in [-0.2, 0) is 0 Å². The Morgan fingerprint density at radius 3 is 2.55 bits per heavy atom. The molecule has 2 N–H and O–H groups in total. The molecule has 0 aliphatic heterocycles. The van der Waals surface area contributed by atoms with Gasteiger partial charge in [-0.25, -0.2) is 14.6 Å². The van der Waals surface area contributed by atoms with Gasteiger partial charge in [-0.15, -0.1) is 11.3 Å². The first-order valence-electron chi connectivity index (χ1n) is 6.65. The van der Waals surface area contributed by atoms with Crippen LogP contribution < -0.4 is 4.74 Å². The van der Waals surface area contributed by atoms with E-state index in [2.05, 4.69) is 4.98 Å². The number of ether oxygens (including phenoxy) is 1. The summed E-state index contributed by atoms with van der Waals surface area (Å²) in [6, 6.07) is 4.71. The van der Waals surface area contributed by atoms with Gasteiger partial charge < -0.3 is 14.9 Å². The van der Waals surface area contributed by atoms with Crippen LogP contribution in [0.15, 0.2) is 18.2 Å². The van der Waals surface area contributed by atoms with E-state index < -0.39 is 11.9 Å². The lowest BCUT2D eigenvalue weighted by atomic mass is 10.1. The molecule has 1 aromatic carbocycles. The van der Waals surface area contributed by atoms with Crippen LogP contribution in [-0.4, -0.2) is 33.7 Å². The minimum Gasteiger partial charge on any atom is -0.493 e. The molecule has 0 amide bonds. The molecular formula is C15H15NO5S. The molecule has 1 aromatic heterocycles. The molecule has 0 spiro atoms. The molecule has 116 valence electrons. The van der Waals surface area contributed by atoms with Crippen molar-refractivity contribution in [3.8, 4) is 16.3 Å². The van der Waals surface area contributed by atoms with Crippen molar-refractivity contribution in [3.63, 3.8) is 0 Å². The number of benzene rings is 1. The summed E-state index contributed by atoms with van der Waals surface area (Å²) in [5.41, 5.74) is 1.01. The van der Waals surface area contributed by atoms with Crippen molar-refractivity contribution in [1.29, 1.82) is 0 Å². The third-order valence-corrected chi connectivity index (χ3v) is 4.10. The normalized spacial score (nSPS) is 10.5. The average molecular weight is 321 g/mol. The van der Waals surface area contributed by atoms with E-state index in [1.165, 1.54) is 6.07 Å². The highest BCUT2D eigenvalue weighted by Crippen LogP contribution is 2.31. The smallest absolute Gasteiger partial charge is 0.347 e. The van der Waals surface area contributed by atoms with Crippen LogP contribution in [0.3, 0.4) is 0 Å². The lowest BCUT2D eigenvalue weighted by Gasteiger charge is -2.09. The molecule has 0 unspecified atom stereocenters. The number of thiazole rings is 1. The van der Waals surface area contributed by atoms with Gasteiger partial charge >= 0.3 is 11.9 Å². The third-order valence-electron chi connectivity index (χ3n) is 2.91. The maximum atomic E-state index is 11.4. The van der Waals surface area contributed by atoms with Gasteiger partial charge in [0.05, 0.1) is 12.3 Å². The Labute approximate surface area is 131 Å². The van der Waals surface area contributed by atoms with Crippen LogP contribution in [0.1, 0.15) is 39.1 Å². The van der Waals surface area contributed by atoms with Crippen molar-refractivity contribution in [2.24, 2.45) is 0 Å². The largest absolute Gasteiger partial charge is 0.493 e. The number of aryl methyl sites for hydroxylation is 1. The first-order valence-corrected chi connectivity index (χ1v) is 7.47. The summed E-state index contributed by atoms with van der Waals surface area (Å²) in [4.78, 5) is 26.8. The van der Waals surface area contributed by atoms with Gasteiger partial charge in [-0.2, -0.15) is 0 Å². The monoisotopic (exact) mass is 321 g/mol. The van der Waals surface area contributed by atoms with E-state index in [1.54, 1.807) is 19.1 Å². The number of rotatable bonds is 6. The highest BCUT2D eigenvalue weighted by molar-refractivity contribution is 7.17. The molecule has 0 bridgehead atoms. The van der Waals surface area contributed by atoms with Gasteiger partial charge in [0.1, 0.15) is 21.2 Å². The number of aromatic carboxylic acids is 2. The molecule has 6 nitrogen and oxygen atoms in total. The number of aromatic nitrogens is 1. The van der Waals surface area contributed by atoms with Crippen molar-refractivity contribution >= 4 is 23.3 Å². The number of carboxylic acids is 2. The van der Waals surface area contributed by atoms with Crippen LogP contribution in [0.5, 0.6) is 5.75 Å². The van der Waals surface area contributed by atoms with Crippen LogP contribution in [0.2, 0.25) is 0 Å². The Bertz CT molecular complexity index is 723. The summed E-state index contributed by atoms with van der Waals surface area (Å²) < 4.78 is 5.41. The first-order chi connectivity index (χ1) is 10.4. The molecule has 2 aromatic rings. The highest BCUT2D eigenvalue weighted by Gasteiger charge is 2.18. The number of carbonyl (C=O) groups is 2. The van der Waals surface area contributed by atoms with Crippen molar-refractivity contribution < 1.29 is 24.5 Å². The minimum atomic E-state index is -1.10. The molecule has 2 rings (SSSR count). The fraction of sp³-hybridized carbons (Fsp3) is 0.267. The fourth-order valence-electron chi connectivity index (χ4n) is 1.89. The van der Waals surface area contributed by atoms with E-state index in [1.807, 2.05) is 6.92 Å². The molecule has 0 aliphatic rings. The summed E-state index contributed by atoms with van der Waals surface area (Å²) >= 11 is 1.02. The maximum absolute atomic E-state index is 11.4. The Balaban J connectivity index is 2.44. The molecule has 22 heavy (non-hydrogen) atoms. The Hall–Kier alpha value is -2.41. The Kier molecular flexibility index (Phi) is 4.77. The van der Waals surface area contributed by atoms with Gasteiger partial charge in [0.25, 0.3) is 0 Å². The maximum Gasteiger partial charge on any atom is 0.347 e. The molecule has 7 heteroatoms. The highest BCUT2D eigenvalue weighted by atomic mass is 32.1. The van der Waals surface area contributed by atoms with Gasteiger partial charge in [0.15, 0.2) is 0 Å². The van der Waals surface area contributed by atoms with Gasteiger partial charge in [-0.1, -0.05) is 6.92 Å². The van der Waals surface area contributed by atoms with Crippen molar-refractivity contribution in [2.45, 2.75) is 20.3 Å². The van der Waals surface area contributed by atoms with E-state index >= 15 is 0 Å². The second-order valence-electron chi connectivity index (χ2n) is 4.60. The molecule has 0 aliphatic carbocycles. The van der Waals surface area contributed by atoms with Crippen LogP contribution in [0, 0.1) is 6.92 Å². The number of carboxylic acid groups (broad SMARTS) is 2. The van der Waals surface area contributed by atoms with E-state index in [-0.39, 0.29) is 10.4 Å². The Morgan fingerprint density at radius 2 is 2.00 bits per heavy atom. The topological polar surface area (TPSA) is 96.7 Å². The molecule has 0 saturated heterocycles. The second-order valence-corrected chi connectivity index (χ2v) is 5.60. The SMILES string of the molecule is CCCOc1ccc(-c2nc(C)c(C(=O)O)s2)cc1C(=O)O. The predicted octanol–water partition coefficient (Wildman–Crippen LogP) is 3.30. The summed E-state index contributed by atoms with van der Waals surface area (Å²) in [6.45, 7) is 3.97. The number of hydrogen-bond donors (Lipinski definition) is 2. The van der Waals surface area contributed by atoms with Crippen LogP contribution in [0.25, 0.3) is 10.6 Å². The molecule has 0 saturated carbocycles. The minimum absolute atomic E-state index is 0.0377. The number of hydrogen-bond acceptors (Lipinski definition) is 5. The van der Waals surface area contributed by atoms with Gasteiger partial charge in [-0.05, 0) is 31.5 Å². The zero-order chi connectivity index (χ0) is 16.3. The van der Waals surface area contributed by atoms with E-state index in [0.29, 0.717) is 28.6 Å². The second kappa shape index (κ2) is 6.57. The van der Waals surface area contributed by atoms with Crippen molar-refractivity contribution in [2.75, 3.05) is 6.61 Å². The summed E-state index contributed by atoms with van der Waals surface area (Å²) in [5.74, 6) is -1.84. The fourth-order valence-corrected chi connectivity index (χ4v) is 2.79. The third kappa shape index (κ3) is 3.25. The zero-order valence-electron chi connectivity index (χ0n) is 12.1. The Morgan fingerprint density at radius 1 is 1.27 bits per heavy atom. The first kappa shape index (κ1) is 16.0. The average Bonchev–Trinajstić information content (AvgIpc) is 2.87.